The van der Waals surface area contributed by atoms with Crippen molar-refractivity contribution in [1.29, 1.82) is 0 Å². The van der Waals surface area contributed by atoms with Gasteiger partial charge in [-0.3, -0.25) is 14.5 Å². The third-order valence-electron chi connectivity index (χ3n) is 5.79. The molecule has 1 aliphatic carbocycles. The lowest BCUT2D eigenvalue weighted by molar-refractivity contribution is -0.128. The Hall–Kier alpha value is -3.94. The van der Waals surface area contributed by atoms with E-state index in [9.17, 15) is 14.4 Å². The van der Waals surface area contributed by atoms with Gasteiger partial charge in [-0.2, -0.15) is 5.10 Å². The number of nitrogens with one attached hydrogen (secondary N) is 1. The summed E-state index contributed by atoms with van der Waals surface area (Å²) >= 11 is 0. The minimum Gasteiger partial charge on any atom is -0.448 e. The van der Waals surface area contributed by atoms with Crippen molar-refractivity contribution in [1.82, 2.24) is 9.78 Å². The molecule has 0 radical (unpaired) electrons. The van der Waals surface area contributed by atoms with Crippen molar-refractivity contribution in [3.8, 4) is 5.69 Å². The largest absolute Gasteiger partial charge is 0.448 e. The van der Waals surface area contributed by atoms with Gasteiger partial charge in [0.2, 0.25) is 5.91 Å². The van der Waals surface area contributed by atoms with E-state index in [0.29, 0.717) is 11.4 Å². The number of carbonyl (C=O) groups is 3. The van der Waals surface area contributed by atoms with Crippen LogP contribution in [0.15, 0.2) is 54.6 Å². The molecular formula is C24H22N4O4. The molecule has 1 atom stereocenters. The molecule has 3 aromatic rings. The predicted molar refractivity (Wildman–Crippen MR) is 118 cm³/mol. The molecular weight excluding hydrogens is 408 g/mol. The summed E-state index contributed by atoms with van der Waals surface area (Å²) in [6.07, 6.45) is 1.45. The number of rotatable bonds is 4. The maximum absolute atomic E-state index is 13.1. The first kappa shape index (κ1) is 20.0. The molecule has 2 aromatic carbocycles. The number of benzene rings is 2. The highest BCUT2D eigenvalue weighted by Crippen LogP contribution is 2.31. The Balaban J connectivity index is 1.38. The zero-order valence-electron chi connectivity index (χ0n) is 17.6. The lowest BCUT2D eigenvalue weighted by Crippen LogP contribution is -2.47. The quantitative estimate of drug-likeness (QED) is 0.643. The van der Waals surface area contributed by atoms with E-state index in [4.69, 9.17) is 4.74 Å². The van der Waals surface area contributed by atoms with Crippen molar-refractivity contribution >= 4 is 29.2 Å². The Morgan fingerprint density at radius 3 is 2.62 bits per heavy atom. The van der Waals surface area contributed by atoms with Crippen LogP contribution in [0.25, 0.3) is 5.69 Å². The Kier molecular flexibility index (Phi) is 4.97. The van der Waals surface area contributed by atoms with Gasteiger partial charge in [0.05, 0.1) is 17.1 Å². The van der Waals surface area contributed by atoms with Gasteiger partial charge in [0.25, 0.3) is 5.91 Å². The molecule has 0 saturated carbocycles. The number of aromatic nitrogens is 2. The predicted octanol–water partition coefficient (Wildman–Crippen LogP) is 2.89. The summed E-state index contributed by atoms with van der Waals surface area (Å²) in [6, 6.07) is 16.7. The van der Waals surface area contributed by atoms with Gasteiger partial charge in [0, 0.05) is 11.3 Å². The number of fused-ring (bicyclic) bond motifs is 2. The average Bonchev–Trinajstić information content (AvgIpc) is 3.41. The number of para-hydroxylation sites is 3. The minimum absolute atomic E-state index is 0.129. The molecule has 0 spiro atoms. The summed E-state index contributed by atoms with van der Waals surface area (Å²) in [5.41, 5.74) is 4.14. The summed E-state index contributed by atoms with van der Waals surface area (Å²) in [5.74, 6) is -1.39. The van der Waals surface area contributed by atoms with Crippen LogP contribution in [-0.4, -0.2) is 40.2 Å². The second-order valence-corrected chi connectivity index (χ2v) is 7.91. The standard InChI is InChI=1S/C24H22N4O4/c1-15(23(30)27-14-21(29)25-18-11-5-6-12-20(18)27)32-24(31)22-17-10-7-13-19(17)28(26-22)16-8-3-2-4-9-16/h2-6,8-9,11-12,15H,7,10,13-14H2,1H3,(H,25,29). The molecule has 8 nitrogen and oxygen atoms in total. The fourth-order valence-corrected chi connectivity index (χ4v) is 4.30. The van der Waals surface area contributed by atoms with E-state index in [-0.39, 0.29) is 18.1 Å². The van der Waals surface area contributed by atoms with E-state index >= 15 is 0 Å². The van der Waals surface area contributed by atoms with E-state index < -0.39 is 18.0 Å². The van der Waals surface area contributed by atoms with E-state index in [2.05, 4.69) is 10.4 Å². The average molecular weight is 430 g/mol. The third-order valence-corrected chi connectivity index (χ3v) is 5.79. The van der Waals surface area contributed by atoms with E-state index in [1.54, 1.807) is 28.9 Å². The first-order valence-electron chi connectivity index (χ1n) is 10.6. The Bertz CT molecular complexity index is 1220. The van der Waals surface area contributed by atoms with Crippen LogP contribution in [0.5, 0.6) is 0 Å². The van der Waals surface area contributed by atoms with Crippen LogP contribution in [0.3, 0.4) is 0 Å². The van der Waals surface area contributed by atoms with Crippen LogP contribution in [0, 0.1) is 0 Å². The molecule has 1 aromatic heterocycles. The number of hydrogen-bond acceptors (Lipinski definition) is 5. The Labute approximate surface area is 184 Å². The van der Waals surface area contributed by atoms with Crippen LogP contribution in [0.2, 0.25) is 0 Å². The van der Waals surface area contributed by atoms with Gasteiger partial charge in [0.1, 0.15) is 6.54 Å². The monoisotopic (exact) mass is 430 g/mol. The topological polar surface area (TPSA) is 93.5 Å². The number of hydrogen-bond donors (Lipinski definition) is 1. The molecule has 2 heterocycles. The van der Waals surface area contributed by atoms with Crippen molar-refractivity contribution in [2.75, 3.05) is 16.8 Å². The fraction of sp³-hybridized carbons (Fsp3) is 0.250. The Morgan fingerprint density at radius 2 is 1.81 bits per heavy atom. The minimum atomic E-state index is -1.07. The number of esters is 1. The highest BCUT2D eigenvalue weighted by molar-refractivity contribution is 6.11. The second kappa shape index (κ2) is 7.96. The van der Waals surface area contributed by atoms with Gasteiger partial charge in [-0.25, -0.2) is 9.48 Å². The van der Waals surface area contributed by atoms with Gasteiger partial charge in [-0.15, -0.1) is 0 Å². The first-order chi connectivity index (χ1) is 15.5. The number of carbonyl (C=O) groups excluding carboxylic acids is 3. The van der Waals surface area contributed by atoms with E-state index in [1.165, 1.54) is 11.8 Å². The highest BCUT2D eigenvalue weighted by atomic mass is 16.5. The second-order valence-electron chi connectivity index (χ2n) is 7.91. The molecule has 0 saturated heterocycles. The van der Waals surface area contributed by atoms with Crippen molar-refractivity contribution in [2.24, 2.45) is 0 Å². The molecule has 0 fully saturated rings. The molecule has 2 amide bonds. The summed E-state index contributed by atoms with van der Waals surface area (Å²) in [5, 5.41) is 7.27. The van der Waals surface area contributed by atoms with Crippen LogP contribution in [-0.2, 0) is 27.2 Å². The molecule has 1 N–H and O–H groups in total. The molecule has 5 rings (SSSR count). The van der Waals surface area contributed by atoms with Crippen molar-refractivity contribution in [3.63, 3.8) is 0 Å². The van der Waals surface area contributed by atoms with Gasteiger partial charge in [-0.05, 0) is 50.5 Å². The number of nitrogens with zero attached hydrogens (tertiary/aromatic N) is 3. The first-order valence-corrected chi connectivity index (χ1v) is 10.6. The van der Waals surface area contributed by atoms with Gasteiger partial charge < -0.3 is 10.1 Å². The van der Waals surface area contributed by atoms with Crippen LogP contribution >= 0.6 is 0 Å². The summed E-state index contributed by atoms with van der Waals surface area (Å²) in [4.78, 5) is 39.5. The molecule has 2 aliphatic rings. The lowest BCUT2D eigenvalue weighted by Gasteiger charge is -2.30. The third kappa shape index (κ3) is 3.43. The maximum atomic E-state index is 13.1. The van der Waals surface area contributed by atoms with Crippen molar-refractivity contribution in [2.45, 2.75) is 32.3 Å². The normalized spacial score (nSPS) is 15.5. The van der Waals surface area contributed by atoms with Gasteiger partial charge in [-0.1, -0.05) is 30.3 Å². The molecule has 1 aliphatic heterocycles. The number of anilines is 2. The zero-order chi connectivity index (χ0) is 22.2. The molecule has 32 heavy (non-hydrogen) atoms. The lowest BCUT2D eigenvalue weighted by atomic mass is 10.1. The number of ether oxygens (including phenoxy) is 1. The van der Waals surface area contributed by atoms with Gasteiger partial charge in [0.15, 0.2) is 11.8 Å². The Morgan fingerprint density at radius 1 is 1.06 bits per heavy atom. The van der Waals surface area contributed by atoms with Crippen molar-refractivity contribution in [3.05, 3.63) is 71.5 Å². The fourth-order valence-electron chi connectivity index (χ4n) is 4.30. The van der Waals surface area contributed by atoms with Crippen LogP contribution in [0.1, 0.15) is 35.1 Å². The van der Waals surface area contributed by atoms with Crippen LogP contribution < -0.4 is 10.2 Å². The molecule has 1 unspecified atom stereocenters. The van der Waals surface area contributed by atoms with Crippen molar-refractivity contribution < 1.29 is 19.1 Å². The maximum Gasteiger partial charge on any atom is 0.359 e. The molecule has 0 bridgehead atoms. The zero-order valence-corrected chi connectivity index (χ0v) is 17.6. The van der Waals surface area contributed by atoms with E-state index in [1.807, 2.05) is 30.3 Å². The van der Waals surface area contributed by atoms with Gasteiger partial charge >= 0.3 is 5.97 Å². The summed E-state index contributed by atoms with van der Waals surface area (Å²) in [6.45, 7) is 1.39. The smallest absolute Gasteiger partial charge is 0.359 e. The summed E-state index contributed by atoms with van der Waals surface area (Å²) in [7, 11) is 0. The summed E-state index contributed by atoms with van der Waals surface area (Å²) < 4.78 is 7.33. The van der Waals surface area contributed by atoms with E-state index in [0.717, 1.165) is 36.2 Å². The van der Waals surface area contributed by atoms with Crippen LogP contribution in [0.4, 0.5) is 11.4 Å². The highest BCUT2D eigenvalue weighted by Gasteiger charge is 2.34. The molecule has 162 valence electrons. The molecule has 8 heteroatoms. The SMILES string of the molecule is CC(OC(=O)c1nn(-c2ccccc2)c2c1CCC2)C(=O)N1CC(=O)Nc2ccccc21. The number of amides is 2.